The molecule has 2 aromatic rings. The monoisotopic (exact) mass is 374 g/mol. The third-order valence-electron chi connectivity index (χ3n) is 4.58. The molecule has 0 fully saturated rings. The number of aromatic nitrogens is 2. The molecule has 0 radical (unpaired) electrons. The summed E-state index contributed by atoms with van der Waals surface area (Å²) in [4.78, 5) is 0. The zero-order valence-electron chi connectivity index (χ0n) is 16.5. The highest BCUT2D eigenvalue weighted by Gasteiger charge is 2.07. The van der Waals surface area contributed by atoms with Gasteiger partial charge in [-0.25, -0.2) is 0 Å². The van der Waals surface area contributed by atoms with Crippen molar-refractivity contribution in [2.45, 2.75) is 84.5 Å². The maximum Gasteiger partial charge on any atom is 0.147 e. The molecule has 0 unspecified atom stereocenters. The van der Waals surface area contributed by atoms with Crippen LogP contribution in [-0.4, -0.2) is 16.8 Å². The molecule has 0 spiro atoms. The smallest absolute Gasteiger partial charge is 0.147 e. The number of nitrogens with zero attached hydrogens (tertiary/aromatic N) is 2. The van der Waals surface area contributed by atoms with Gasteiger partial charge in [-0.1, -0.05) is 76.6 Å². The molecule has 2 rings (SSSR count). The highest BCUT2D eigenvalue weighted by Crippen LogP contribution is 2.26. The highest BCUT2D eigenvalue weighted by molar-refractivity contribution is 7.14. The number of unbranched alkanes of at least 4 members (excludes halogenated alkanes) is 8. The molecule has 0 aliphatic heterocycles. The van der Waals surface area contributed by atoms with Crippen LogP contribution < -0.4 is 4.74 Å². The van der Waals surface area contributed by atoms with E-state index in [1.54, 1.807) is 11.3 Å². The van der Waals surface area contributed by atoms with Crippen LogP contribution in [0.1, 0.15) is 83.1 Å². The Morgan fingerprint density at radius 1 is 0.769 bits per heavy atom. The molecule has 1 heterocycles. The molecule has 1 aromatic carbocycles. The van der Waals surface area contributed by atoms with Gasteiger partial charge >= 0.3 is 0 Å². The van der Waals surface area contributed by atoms with Gasteiger partial charge in [0.25, 0.3) is 0 Å². The Morgan fingerprint density at radius 3 is 2.15 bits per heavy atom. The predicted molar refractivity (Wildman–Crippen MR) is 112 cm³/mol. The van der Waals surface area contributed by atoms with Gasteiger partial charge in [0.2, 0.25) is 0 Å². The second-order valence-corrected chi connectivity index (χ2v) is 8.01. The Hall–Kier alpha value is -1.42. The molecule has 0 aliphatic rings. The van der Waals surface area contributed by atoms with Crippen molar-refractivity contribution in [2.24, 2.45) is 0 Å². The van der Waals surface area contributed by atoms with Crippen molar-refractivity contribution in [1.82, 2.24) is 10.2 Å². The zero-order chi connectivity index (χ0) is 18.5. The average Bonchev–Trinajstić information content (AvgIpc) is 3.14. The van der Waals surface area contributed by atoms with Gasteiger partial charge in [-0.05, 0) is 37.1 Å². The van der Waals surface area contributed by atoms with Gasteiger partial charge in [0.1, 0.15) is 15.8 Å². The van der Waals surface area contributed by atoms with E-state index < -0.39 is 0 Å². The second kappa shape index (κ2) is 12.9. The number of ether oxygens (including phenoxy) is 1. The first-order valence-electron chi connectivity index (χ1n) is 10.4. The minimum absolute atomic E-state index is 0.806. The second-order valence-electron chi connectivity index (χ2n) is 6.95. The summed E-state index contributed by atoms with van der Waals surface area (Å²) in [6.07, 6.45) is 13.9. The first-order valence-corrected chi connectivity index (χ1v) is 11.2. The summed E-state index contributed by atoms with van der Waals surface area (Å²) in [7, 11) is 0. The summed E-state index contributed by atoms with van der Waals surface area (Å²) in [6, 6.07) is 8.28. The standard InChI is InChI=1S/C22H34N2OS/c1-3-5-7-9-10-11-13-21-23-24-22(26-21)19-14-16-20(17-15-19)25-18-12-8-6-4-2/h14-17H,3-13,18H2,1-2H3. The summed E-state index contributed by atoms with van der Waals surface area (Å²) in [5.41, 5.74) is 1.13. The Balaban J connectivity index is 1.72. The van der Waals surface area contributed by atoms with Gasteiger partial charge in [-0.2, -0.15) is 0 Å². The van der Waals surface area contributed by atoms with Gasteiger partial charge in [-0.3, -0.25) is 0 Å². The van der Waals surface area contributed by atoms with E-state index in [1.807, 2.05) is 12.1 Å². The maximum atomic E-state index is 5.81. The number of hydrogen-bond acceptors (Lipinski definition) is 4. The Labute approximate surface area is 163 Å². The first kappa shape index (κ1) is 20.9. The van der Waals surface area contributed by atoms with E-state index in [2.05, 4.69) is 36.2 Å². The Bertz CT molecular complexity index is 594. The molecule has 4 heteroatoms. The fourth-order valence-electron chi connectivity index (χ4n) is 2.94. The van der Waals surface area contributed by atoms with Crippen LogP contribution in [0.2, 0.25) is 0 Å². The molecule has 3 nitrogen and oxygen atoms in total. The summed E-state index contributed by atoms with van der Waals surface area (Å²) in [6.45, 7) is 5.29. The van der Waals surface area contributed by atoms with Crippen LogP contribution in [-0.2, 0) is 6.42 Å². The molecule has 0 amide bonds. The van der Waals surface area contributed by atoms with Crippen molar-refractivity contribution in [3.05, 3.63) is 29.3 Å². The summed E-state index contributed by atoms with van der Waals surface area (Å²) in [5.74, 6) is 0.946. The van der Waals surface area contributed by atoms with E-state index in [0.717, 1.165) is 40.8 Å². The third kappa shape index (κ3) is 7.86. The number of benzene rings is 1. The number of hydrogen-bond donors (Lipinski definition) is 0. The van der Waals surface area contributed by atoms with Crippen molar-refractivity contribution < 1.29 is 4.74 Å². The van der Waals surface area contributed by atoms with Crippen LogP contribution >= 0.6 is 11.3 Å². The van der Waals surface area contributed by atoms with Crippen LogP contribution in [0.5, 0.6) is 5.75 Å². The summed E-state index contributed by atoms with van der Waals surface area (Å²) >= 11 is 1.72. The van der Waals surface area contributed by atoms with E-state index in [1.165, 1.54) is 57.8 Å². The van der Waals surface area contributed by atoms with E-state index >= 15 is 0 Å². The van der Waals surface area contributed by atoms with Gasteiger partial charge < -0.3 is 4.74 Å². The molecule has 1 aromatic heterocycles. The van der Waals surface area contributed by atoms with E-state index in [4.69, 9.17) is 4.74 Å². The van der Waals surface area contributed by atoms with Crippen molar-refractivity contribution in [3.63, 3.8) is 0 Å². The topological polar surface area (TPSA) is 35.0 Å². The SMILES string of the molecule is CCCCCCCCc1nnc(-c2ccc(OCCCCCC)cc2)s1. The quantitative estimate of drug-likeness (QED) is 0.332. The molecule has 0 N–H and O–H groups in total. The van der Waals surface area contributed by atoms with Gasteiger partial charge in [0.05, 0.1) is 6.61 Å². The third-order valence-corrected chi connectivity index (χ3v) is 5.61. The lowest BCUT2D eigenvalue weighted by Gasteiger charge is -2.06. The summed E-state index contributed by atoms with van der Waals surface area (Å²) < 4.78 is 5.81. The summed E-state index contributed by atoms with van der Waals surface area (Å²) in [5, 5.41) is 10.9. The van der Waals surface area contributed by atoms with Crippen LogP contribution in [0, 0.1) is 0 Å². The van der Waals surface area contributed by atoms with Crippen LogP contribution in [0.4, 0.5) is 0 Å². The fraction of sp³-hybridized carbons (Fsp3) is 0.636. The lowest BCUT2D eigenvalue weighted by atomic mass is 10.1. The van der Waals surface area contributed by atoms with Crippen LogP contribution in [0.15, 0.2) is 24.3 Å². The minimum Gasteiger partial charge on any atom is -0.494 e. The molecule has 0 saturated heterocycles. The van der Waals surface area contributed by atoms with Crippen LogP contribution in [0.25, 0.3) is 10.6 Å². The molecule has 0 saturated carbocycles. The molecular weight excluding hydrogens is 340 g/mol. The number of aryl methyl sites for hydroxylation is 1. The molecule has 0 atom stereocenters. The van der Waals surface area contributed by atoms with Gasteiger partial charge in [0, 0.05) is 12.0 Å². The van der Waals surface area contributed by atoms with Crippen molar-refractivity contribution in [2.75, 3.05) is 6.61 Å². The molecular formula is C22H34N2OS. The number of rotatable bonds is 14. The first-order chi connectivity index (χ1) is 12.8. The van der Waals surface area contributed by atoms with Crippen molar-refractivity contribution in [3.8, 4) is 16.3 Å². The van der Waals surface area contributed by atoms with Crippen molar-refractivity contribution in [1.29, 1.82) is 0 Å². The minimum atomic E-state index is 0.806. The Kier molecular flexibility index (Phi) is 10.3. The van der Waals surface area contributed by atoms with Gasteiger partial charge in [-0.15, -0.1) is 10.2 Å². The fourth-order valence-corrected chi connectivity index (χ4v) is 3.83. The molecule has 26 heavy (non-hydrogen) atoms. The lowest BCUT2D eigenvalue weighted by molar-refractivity contribution is 0.305. The molecule has 0 aliphatic carbocycles. The average molecular weight is 375 g/mol. The largest absolute Gasteiger partial charge is 0.494 e. The van der Waals surface area contributed by atoms with Gasteiger partial charge in [0.15, 0.2) is 0 Å². The zero-order valence-corrected chi connectivity index (χ0v) is 17.3. The van der Waals surface area contributed by atoms with E-state index in [0.29, 0.717) is 0 Å². The predicted octanol–water partition coefficient (Wildman–Crippen LogP) is 7.07. The lowest BCUT2D eigenvalue weighted by Crippen LogP contribution is -1.96. The highest BCUT2D eigenvalue weighted by atomic mass is 32.1. The van der Waals surface area contributed by atoms with Crippen molar-refractivity contribution >= 4 is 11.3 Å². The maximum absolute atomic E-state index is 5.81. The Morgan fingerprint density at radius 2 is 1.42 bits per heavy atom. The normalized spacial score (nSPS) is 11.0. The van der Waals surface area contributed by atoms with E-state index in [-0.39, 0.29) is 0 Å². The van der Waals surface area contributed by atoms with E-state index in [9.17, 15) is 0 Å². The van der Waals surface area contributed by atoms with Crippen LogP contribution in [0.3, 0.4) is 0 Å². The molecule has 144 valence electrons. The molecule has 0 bridgehead atoms.